The minimum atomic E-state index is -2.54. The van der Waals surface area contributed by atoms with Crippen molar-refractivity contribution in [2.24, 2.45) is 0 Å². The van der Waals surface area contributed by atoms with Crippen molar-refractivity contribution in [3.8, 4) is 0 Å². The molecule has 0 aromatic heterocycles. The maximum Gasteiger partial charge on any atom is 0.369 e. The van der Waals surface area contributed by atoms with E-state index in [9.17, 15) is 0 Å². The first kappa shape index (κ1) is 20.8. The molecule has 0 aromatic carbocycles. The zero-order valence-corrected chi connectivity index (χ0v) is 16.6. The van der Waals surface area contributed by atoms with Crippen LogP contribution in [0, 0.1) is 0 Å². The number of rotatable bonds is 11. The summed E-state index contributed by atoms with van der Waals surface area (Å²) in [6.45, 7) is 6.36. The van der Waals surface area contributed by atoms with E-state index >= 15 is 0 Å². The van der Waals surface area contributed by atoms with Gasteiger partial charge >= 0.3 is 17.1 Å². The van der Waals surface area contributed by atoms with Crippen LogP contribution >= 0.6 is 0 Å². The molecule has 6 heteroatoms. The monoisotopic (exact) mass is 332 g/mol. The Morgan fingerprint density at radius 2 is 1.05 bits per heavy atom. The summed E-state index contributed by atoms with van der Waals surface area (Å²) in [5.41, 5.74) is 4.25. The van der Waals surface area contributed by atoms with Gasteiger partial charge < -0.3 is 17.7 Å². The van der Waals surface area contributed by atoms with Crippen LogP contribution in [0.15, 0.2) is 23.6 Å². The average molecular weight is 333 g/mol. The maximum atomic E-state index is 5.90. The van der Waals surface area contributed by atoms with Gasteiger partial charge in [-0.25, -0.2) is 0 Å². The second-order valence-corrected chi connectivity index (χ2v) is 12.0. The van der Waals surface area contributed by atoms with Crippen LogP contribution in [-0.4, -0.2) is 45.6 Å². The Labute approximate surface area is 132 Å². The second kappa shape index (κ2) is 10.5. The van der Waals surface area contributed by atoms with Crippen molar-refractivity contribution < 1.29 is 17.7 Å². The lowest BCUT2D eigenvalue weighted by atomic mass is 10.5. The standard InChI is InChI=1S/C15H32O4Si2/c1-8-11-13-20(16-4,17-5)15(10-3)21(18-6,19-7)14-12-9-2/h11-15H,8-10H2,1-7H3. The molecule has 4 nitrogen and oxygen atoms in total. The fourth-order valence-corrected chi connectivity index (χ4v) is 11.6. The highest BCUT2D eigenvalue weighted by molar-refractivity contribution is 6.92. The minimum absolute atomic E-state index is 0.126. The first-order valence-corrected chi connectivity index (χ1v) is 11.6. The van der Waals surface area contributed by atoms with Gasteiger partial charge in [-0.3, -0.25) is 0 Å². The van der Waals surface area contributed by atoms with Crippen LogP contribution in [-0.2, 0) is 17.7 Å². The number of allylic oxidation sites excluding steroid dienone is 2. The van der Waals surface area contributed by atoms with Crippen molar-refractivity contribution in [3.63, 3.8) is 0 Å². The molecule has 0 N–H and O–H groups in total. The Balaban J connectivity index is 5.86. The van der Waals surface area contributed by atoms with Gasteiger partial charge in [0.1, 0.15) is 0 Å². The molecule has 21 heavy (non-hydrogen) atoms. The van der Waals surface area contributed by atoms with Crippen molar-refractivity contribution in [1.29, 1.82) is 0 Å². The molecule has 0 unspecified atom stereocenters. The van der Waals surface area contributed by atoms with Crippen LogP contribution in [0.1, 0.15) is 40.0 Å². The predicted octanol–water partition coefficient (Wildman–Crippen LogP) is 3.79. The molecule has 0 atom stereocenters. The Bertz CT molecular complexity index is 294. The third-order valence-corrected chi connectivity index (χ3v) is 13.0. The quantitative estimate of drug-likeness (QED) is 0.540. The summed E-state index contributed by atoms with van der Waals surface area (Å²) in [6, 6.07) is 0. The molecule has 0 spiro atoms. The van der Waals surface area contributed by atoms with E-state index in [0.29, 0.717) is 0 Å². The minimum Gasteiger partial charge on any atom is -0.395 e. The van der Waals surface area contributed by atoms with Gasteiger partial charge in [0.05, 0.1) is 5.16 Å². The molecule has 124 valence electrons. The molecule has 0 bridgehead atoms. The number of hydrogen-bond acceptors (Lipinski definition) is 4. The van der Waals surface area contributed by atoms with Crippen LogP contribution in [0.2, 0.25) is 5.16 Å². The lowest BCUT2D eigenvalue weighted by Gasteiger charge is -2.40. The fourth-order valence-electron chi connectivity index (χ4n) is 2.65. The number of hydrogen-bond donors (Lipinski definition) is 0. The predicted molar refractivity (Wildman–Crippen MR) is 92.4 cm³/mol. The van der Waals surface area contributed by atoms with Gasteiger partial charge in [0.15, 0.2) is 0 Å². The third-order valence-electron chi connectivity index (χ3n) is 3.83. The highest BCUT2D eigenvalue weighted by Crippen LogP contribution is 2.38. The smallest absolute Gasteiger partial charge is 0.369 e. The Morgan fingerprint density at radius 1 is 0.714 bits per heavy atom. The molecule has 0 aromatic rings. The molecule has 0 aliphatic rings. The third kappa shape index (κ3) is 4.87. The average Bonchev–Trinajstić information content (AvgIpc) is 2.54. The van der Waals surface area contributed by atoms with Crippen molar-refractivity contribution in [2.45, 2.75) is 45.2 Å². The van der Waals surface area contributed by atoms with Gasteiger partial charge in [-0.05, 0) is 30.7 Å². The summed E-state index contributed by atoms with van der Waals surface area (Å²) < 4.78 is 23.6. The summed E-state index contributed by atoms with van der Waals surface area (Å²) in [4.78, 5) is 0. The zero-order valence-electron chi connectivity index (χ0n) is 14.6. The van der Waals surface area contributed by atoms with E-state index in [4.69, 9.17) is 17.7 Å². The van der Waals surface area contributed by atoms with Gasteiger partial charge in [0, 0.05) is 28.4 Å². The van der Waals surface area contributed by atoms with Crippen LogP contribution in [0.25, 0.3) is 0 Å². The van der Waals surface area contributed by atoms with E-state index in [0.717, 1.165) is 19.3 Å². The van der Waals surface area contributed by atoms with E-state index < -0.39 is 17.1 Å². The van der Waals surface area contributed by atoms with Crippen LogP contribution < -0.4 is 0 Å². The fraction of sp³-hybridized carbons (Fsp3) is 0.733. The molecular formula is C15H32O4Si2. The molecule has 0 amide bonds. The van der Waals surface area contributed by atoms with E-state index in [1.807, 2.05) is 0 Å². The molecular weight excluding hydrogens is 300 g/mol. The topological polar surface area (TPSA) is 36.9 Å². The molecule has 0 fully saturated rings. The van der Waals surface area contributed by atoms with E-state index in [-0.39, 0.29) is 5.16 Å². The van der Waals surface area contributed by atoms with Gasteiger partial charge in [0.2, 0.25) is 0 Å². The van der Waals surface area contributed by atoms with E-state index in [1.54, 1.807) is 28.4 Å². The summed E-state index contributed by atoms with van der Waals surface area (Å²) >= 11 is 0. The van der Waals surface area contributed by atoms with Crippen molar-refractivity contribution >= 4 is 17.1 Å². The maximum absolute atomic E-state index is 5.90. The molecule has 0 rings (SSSR count). The van der Waals surface area contributed by atoms with Crippen molar-refractivity contribution in [3.05, 3.63) is 23.6 Å². The van der Waals surface area contributed by atoms with Crippen LogP contribution in [0.3, 0.4) is 0 Å². The summed E-state index contributed by atoms with van der Waals surface area (Å²) in [5, 5.41) is 0.126. The molecule has 0 heterocycles. The van der Waals surface area contributed by atoms with Crippen molar-refractivity contribution in [2.75, 3.05) is 28.4 Å². The molecule has 0 saturated heterocycles. The van der Waals surface area contributed by atoms with Gasteiger partial charge in [-0.2, -0.15) is 0 Å². The lowest BCUT2D eigenvalue weighted by Crippen LogP contribution is -2.58. The zero-order chi connectivity index (χ0) is 16.4. The first-order valence-electron chi connectivity index (χ1n) is 7.62. The van der Waals surface area contributed by atoms with Crippen LogP contribution in [0.4, 0.5) is 0 Å². The van der Waals surface area contributed by atoms with Crippen LogP contribution in [0.5, 0.6) is 0 Å². The summed E-state index contributed by atoms with van der Waals surface area (Å²) in [6.07, 6.45) is 7.05. The normalized spacial score (nSPS) is 15.2. The Morgan fingerprint density at radius 3 is 1.24 bits per heavy atom. The van der Waals surface area contributed by atoms with Gasteiger partial charge in [-0.1, -0.05) is 32.9 Å². The van der Waals surface area contributed by atoms with E-state index in [1.165, 1.54) is 0 Å². The highest BCUT2D eigenvalue weighted by atomic mass is 28.4. The van der Waals surface area contributed by atoms with Gasteiger partial charge in [0.25, 0.3) is 0 Å². The summed E-state index contributed by atoms with van der Waals surface area (Å²) in [5.74, 6) is 0. The van der Waals surface area contributed by atoms with Crippen molar-refractivity contribution in [1.82, 2.24) is 0 Å². The molecule has 0 saturated carbocycles. The molecule has 0 radical (unpaired) electrons. The van der Waals surface area contributed by atoms with E-state index in [2.05, 4.69) is 44.3 Å². The highest BCUT2D eigenvalue weighted by Gasteiger charge is 2.56. The van der Waals surface area contributed by atoms with Gasteiger partial charge in [-0.15, -0.1) is 0 Å². The first-order chi connectivity index (χ1) is 10.1. The lowest BCUT2D eigenvalue weighted by molar-refractivity contribution is 0.215. The Hall–Kier alpha value is -0.246. The second-order valence-electron chi connectivity index (χ2n) is 4.84. The largest absolute Gasteiger partial charge is 0.395 e. The molecule has 0 aliphatic carbocycles. The SMILES string of the molecule is CCC=C[Si](OC)(OC)C(CC)[Si](C=CCC)(OC)OC. The molecule has 0 aliphatic heterocycles. The summed E-state index contributed by atoms with van der Waals surface area (Å²) in [7, 11) is 1.83. The Kier molecular flexibility index (Phi) is 10.4.